The Hall–Kier alpha value is -4.51. The van der Waals surface area contributed by atoms with Gasteiger partial charge in [0.1, 0.15) is 18.6 Å². The largest absolute Gasteiger partial charge is 0.455 e. The van der Waals surface area contributed by atoms with Crippen molar-refractivity contribution in [2.75, 3.05) is 4.72 Å². The lowest BCUT2D eigenvalue weighted by Crippen LogP contribution is -2.16. The Kier molecular flexibility index (Phi) is 6.37. The first-order chi connectivity index (χ1) is 16.3. The average Bonchev–Trinajstić information content (AvgIpc) is 3.32. The number of nitro groups is 1. The van der Waals surface area contributed by atoms with Crippen molar-refractivity contribution in [3.8, 4) is 11.5 Å². The van der Waals surface area contributed by atoms with Crippen LogP contribution in [-0.4, -0.2) is 24.3 Å². The molecule has 34 heavy (non-hydrogen) atoms. The summed E-state index contributed by atoms with van der Waals surface area (Å²) in [6.07, 6.45) is 1.37. The van der Waals surface area contributed by atoms with Crippen LogP contribution in [0.15, 0.2) is 94.4 Å². The molecular formula is C23H17N3O7S. The number of non-ortho nitro benzene ring substituents is 1. The number of nitrogens with zero attached hydrogens (tertiary/aromatic N) is 2. The van der Waals surface area contributed by atoms with Crippen molar-refractivity contribution >= 4 is 27.4 Å². The molecule has 0 radical (unpaired) electrons. The van der Waals surface area contributed by atoms with Crippen LogP contribution >= 0.6 is 0 Å². The number of hydrogen-bond donors (Lipinski definition) is 1. The van der Waals surface area contributed by atoms with Gasteiger partial charge in [0.15, 0.2) is 0 Å². The zero-order valence-electron chi connectivity index (χ0n) is 17.5. The molecule has 4 aromatic rings. The number of benzene rings is 3. The van der Waals surface area contributed by atoms with Crippen LogP contribution < -0.4 is 4.72 Å². The van der Waals surface area contributed by atoms with Crippen LogP contribution in [0.25, 0.3) is 11.5 Å². The summed E-state index contributed by atoms with van der Waals surface area (Å²) >= 11 is 0. The Bertz CT molecular complexity index is 1450. The molecule has 0 aliphatic heterocycles. The second-order valence-corrected chi connectivity index (χ2v) is 8.67. The van der Waals surface area contributed by atoms with Gasteiger partial charge in [0, 0.05) is 17.7 Å². The second kappa shape index (κ2) is 9.55. The number of sulfonamides is 1. The van der Waals surface area contributed by atoms with Crippen LogP contribution in [0, 0.1) is 10.1 Å². The number of anilines is 1. The fraction of sp³-hybridized carbons (Fsp3) is 0.0435. The smallest absolute Gasteiger partial charge is 0.340 e. The first-order valence-corrected chi connectivity index (χ1v) is 11.3. The lowest BCUT2D eigenvalue weighted by atomic mass is 10.2. The molecule has 1 N–H and O–H groups in total. The van der Waals surface area contributed by atoms with E-state index in [4.69, 9.17) is 9.15 Å². The van der Waals surface area contributed by atoms with Gasteiger partial charge in [-0.2, -0.15) is 0 Å². The van der Waals surface area contributed by atoms with Crippen LogP contribution in [0.2, 0.25) is 0 Å². The summed E-state index contributed by atoms with van der Waals surface area (Å²) in [7, 11) is -4.21. The first-order valence-electron chi connectivity index (χ1n) is 9.87. The lowest BCUT2D eigenvalue weighted by molar-refractivity contribution is -0.385. The standard InChI is InChI=1S/C23H17N3O7S/c27-23(33-15-17-14-32-22(24-17)16-7-2-1-3-8-16)20-11-4-5-12-21(20)25-34(30,31)19-10-6-9-18(13-19)26(28)29/h1-14,25H,15H2. The molecule has 172 valence electrons. The van der Waals surface area contributed by atoms with Crippen molar-refractivity contribution in [1.29, 1.82) is 0 Å². The Morgan fingerprint density at radius 2 is 1.76 bits per heavy atom. The van der Waals surface area contributed by atoms with E-state index in [1.807, 2.05) is 30.3 Å². The van der Waals surface area contributed by atoms with Crippen molar-refractivity contribution in [2.45, 2.75) is 11.5 Å². The first kappa shape index (κ1) is 22.7. The molecule has 0 saturated carbocycles. The van der Waals surface area contributed by atoms with Crippen molar-refractivity contribution in [1.82, 2.24) is 4.98 Å². The van der Waals surface area contributed by atoms with Gasteiger partial charge < -0.3 is 9.15 Å². The molecular weight excluding hydrogens is 462 g/mol. The van der Waals surface area contributed by atoms with Gasteiger partial charge in [0.2, 0.25) is 5.89 Å². The maximum Gasteiger partial charge on any atom is 0.340 e. The maximum atomic E-state index is 12.8. The molecule has 0 saturated heterocycles. The van der Waals surface area contributed by atoms with Gasteiger partial charge in [-0.1, -0.05) is 36.4 Å². The number of nitro benzene ring substituents is 1. The number of aromatic nitrogens is 1. The molecule has 0 spiro atoms. The molecule has 0 bridgehead atoms. The molecule has 4 rings (SSSR count). The summed E-state index contributed by atoms with van der Waals surface area (Å²) in [5, 5.41) is 11.0. The number of nitrogens with one attached hydrogen (secondary N) is 1. The zero-order chi connectivity index (χ0) is 24.1. The summed E-state index contributed by atoms with van der Waals surface area (Å²) < 4.78 is 38.5. The molecule has 1 aromatic heterocycles. The van der Waals surface area contributed by atoms with Crippen molar-refractivity contribution in [3.05, 3.63) is 106 Å². The molecule has 0 aliphatic rings. The molecule has 0 atom stereocenters. The molecule has 11 heteroatoms. The normalized spacial score (nSPS) is 11.1. The average molecular weight is 479 g/mol. The van der Waals surface area contributed by atoms with E-state index < -0.39 is 20.9 Å². The van der Waals surface area contributed by atoms with Gasteiger partial charge in [-0.05, 0) is 30.3 Å². The predicted molar refractivity (Wildman–Crippen MR) is 121 cm³/mol. The van der Waals surface area contributed by atoms with Crippen LogP contribution in [-0.2, 0) is 21.4 Å². The highest BCUT2D eigenvalue weighted by Gasteiger charge is 2.21. The minimum Gasteiger partial charge on any atom is -0.455 e. The monoisotopic (exact) mass is 479 g/mol. The van der Waals surface area contributed by atoms with Crippen molar-refractivity contribution < 1.29 is 27.3 Å². The summed E-state index contributed by atoms with van der Waals surface area (Å²) in [6, 6.07) is 19.6. The Labute approximate surface area is 194 Å². The summed E-state index contributed by atoms with van der Waals surface area (Å²) in [6.45, 7) is -0.193. The molecule has 0 fully saturated rings. The van der Waals surface area contributed by atoms with Gasteiger partial charge >= 0.3 is 5.97 Å². The predicted octanol–water partition coefficient (Wildman–Crippen LogP) is 4.41. The van der Waals surface area contributed by atoms with E-state index in [0.717, 1.165) is 11.6 Å². The van der Waals surface area contributed by atoms with E-state index in [9.17, 15) is 23.3 Å². The minimum absolute atomic E-state index is 0.0378. The second-order valence-electron chi connectivity index (χ2n) is 6.99. The molecule has 10 nitrogen and oxygen atoms in total. The van der Waals surface area contributed by atoms with Crippen LogP contribution in [0.3, 0.4) is 0 Å². The number of para-hydroxylation sites is 1. The van der Waals surface area contributed by atoms with Crippen LogP contribution in [0.5, 0.6) is 0 Å². The zero-order valence-corrected chi connectivity index (χ0v) is 18.3. The summed E-state index contributed by atoms with van der Waals surface area (Å²) in [4.78, 5) is 26.9. The van der Waals surface area contributed by atoms with Gasteiger partial charge in [0.05, 0.1) is 21.1 Å². The van der Waals surface area contributed by atoms with Crippen LogP contribution in [0.4, 0.5) is 11.4 Å². The topological polar surface area (TPSA) is 142 Å². The molecule has 0 unspecified atom stereocenters. The number of rotatable bonds is 8. The quantitative estimate of drug-likeness (QED) is 0.222. The molecule has 0 aliphatic carbocycles. The Morgan fingerprint density at radius 1 is 1.03 bits per heavy atom. The van der Waals surface area contributed by atoms with Gasteiger partial charge in [0.25, 0.3) is 15.7 Å². The SMILES string of the molecule is O=C(OCc1coc(-c2ccccc2)n1)c1ccccc1NS(=O)(=O)c1cccc([N+](=O)[O-])c1. The fourth-order valence-corrected chi connectivity index (χ4v) is 4.14. The van der Waals surface area contributed by atoms with E-state index in [1.54, 1.807) is 6.07 Å². The highest BCUT2D eigenvalue weighted by atomic mass is 32.2. The number of oxazole rings is 1. The van der Waals surface area contributed by atoms with E-state index >= 15 is 0 Å². The number of carbonyl (C=O) groups is 1. The molecule has 3 aromatic carbocycles. The van der Waals surface area contributed by atoms with E-state index in [1.165, 1.54) is 42.7 Å². The highest BCUT2D eigenvalue weighted by molar-refractivity contribution is 7.92. The number of esters is 1. The van der Waals surface area contributed by atoms with Crippen molar-refractivity contribution in [2.24, 2.45) is 0 Å². The van der Waals surface area contributed by atoms with E-state index in [2.05, 4.69) is 9.71 Å². The third-order valence-electron chi connectivity index (χ3n) is 4.65. The number of hydrogen-bond acceptors (Lipinski definition) is 8. The Morgan fingerprint density at radius 3 is 2.53 bits per heavy atom. The number of ether oxygens (including phenoxy) is 1. The fourth-order valence-electron chi connectivity index (χ4n) is 3.02. The summed E-state index contributed by atoms with van der Waals surface area (Å²) in [5.74, 6) is -0.418. The highest BCUT2D eigenvalue weighted by Crippen LogP contribution is 2.24. The number of carbonyl (C=O) groups excluding carboxylic acids is 1. The molecule has 1 heterocycles. The van der Waals surface area contributed by atoms with Gasteiger partial charge in [-0.3, -0.25) is 14.8 Å². The van der Waals surface area contributed by atoms with Crippen molar-refractivity contribution in [3.63, 3.8) is 0 Å². The van der Waals surface area contributed by atoms with Gasteiger partial charge in [-0.25, -0.2) is 18.2 Å². The lowest BCUT2D eigenvalue weighted by Gasteiger charge is -2.12. The Balaban J connectivity index is 1.49. The summed E-state index contributed by atoms with van der Waals surface area (Å²) in [5.41, 5.74) is 0.688. The third kappa shape index (κ3) is 5.10. The van der Waals surface area contributed by atoms with Gasteiger partial charge in [-0.15, -0.1) is 0 Å². The van der Waals surface area contributed by atoms with E-state index in [0.29, 0.717) is 11.6 Å². The molecule has 0 amide bonds. The third-order valence-corrected chi connectivity index (χ3v) is 6.02. The van der Waals surface area contributed by atoms with Crippen LogP contribution in [0.1, 0.15) is 16.1 Å². The van der Waals surface area contributed by atoms with E-state index in [-0.39, 0.29) is 28.4 Å². The minimum atomic E-state index is -4.21. The maximum absolute atomic E-state index is 12.8.